The van der Waals surface area contributed by atoms with E-state index in [9.17, 15) is 4.79 Å². The number of carbonyl (C=O) groups excluding carboxylic acids is 1. The molecule has 0 atom stereocenters. The van der Waals surface area contributed by atoms with Crippen molar-refractivity contribution in [1.29, 1.82) is 0 Å². The summed E-state index contributed by atoms with van der Waals surface area (Å²) in [6, 6.07) is 14.3. The van der Waals surface area contributed by atoms with E-state index in [1.54, 1.807) is 49.6 Å². The highest BCUT2D eigenvalue weighted by Gasteiger charge is 2.01. The van der Waals surface area contributed by atoms with Crippen molar-refractivity contribution >= 4 is 23.5 Å². The second-order valence-corrected chi connectivity index (χ2v) is 4.42. The fourth-order valence-electron chi connectivity index (χ4n) is 1.63. The van der Waals surface area contributed by atoms with E-state index in [2.05, 4.69) is 0 Å². The molecule has 0 fully saturated rings. The molecule has 0 bridgehead atoms. The van der Waals surface area contributed by atoms with Crippen LogP contribution in [0.2, 0.25) is 5.02 Å². The number of ether oxygens (including phenoxy) is 1. The van der Waals surface area contributed by atoms with Crippen LogP contribution in [-0.4, -0.2) is 12.9 Å². The van der Waals surface area contributed by atoms with E-state index in [4.69, 9.17) is 16.3 Å². The molecule has 2 aromatic carbocycles. The van der Waals surface area contributed by atoms with Gasteiger partial charge in [0.2, 0.25) is 0 Å². The standard InChI is InChI=1S/C16H13ClO2/c1-19-15-8-6-13(7-9-15)16(18)10-5-12-3-2-4-14(17)11-12/h2-11H,1H3/b10-5+. The predicted molar refractivity (Wildman–Crippen MR) is 77.8 cm³/mol. The molecular weight excluding hydrogens is 260 g/mol. The predicted octanol–water partition coefficient (Wildman–Crippen LogP) is 4.24. The summed E-state index contributed by atoms with van der Waals surface area (Å²) in [5, 5.41) is 0.652. The monoisotopic (exact) mass is 272 g/mol. The largest absolute Gasteiger partial charge is 0.497 e. The zero-order valence-corrected chi connectivity index (χ0v) is 11.2. The second kappa shape index (κ2) is 6.21. The summed E-state index contributed by atoms with van der Waals surface area (Å²) in [4.78, 5) is 11.9. The molecule has 0 aliphatic heterocycles. The fraction of sp³-hybridized carbons (Fsp3) is 0.0625. The van der Waals surface area contributed by atoms with E-state index >= 15 is 0 Å². The Hall–Kier alpha value is -2.06. The number of ketones is 1. The summed E-state index contributed by atoms with van der Waals surface area (Å²) < 4.78 is 5.05. The van der Waals surface area contributed by atoms with Gasteiger partial charge in [-0.05, 0) is 48.0 Å². The minimum Gasteiger partial charge on any atom is -0.497 e. The van der Waals surface area contributed by atoms with Gasteiger partial charge in [0.15, 0.2) is 5.78 Å². The highest BCUT2D eigenvalue weighted by molar-refractivity contribution is 6.30. The molecule has 0 heterocycles. The second-order valence-electron chi connectivity index (χ2n) is 3.98. The van der Waals surface area contributed by atoms with Gasteiger partial charge in [-0.25, -0.2) is 0 Å². The highest BCUT2D eigenvalue weighted by Crippen LogP contribution is 2.14. The fourth-order valence-corrected chi connectivity index (χ4v) is 1.83. The van der Waals surface area contributed by atoms with Gasteiger partial charge in [-0.2, -0.15) is 0 Å². The minimum atomic E-state index is -0.0531. The maximum absolute atomic E-state index is 11.9. The maximum atomic E-state index is 11.9. The Bertz CT molecular complexity index is 600. The summed E-state index contributed by atoms with van der Waals surface area (Å²) in [6.45, 7) is 0. The molecule has 0 N–H and O–H groups in total. The first kappa shape index (κ1) is 13.4. The molecule has 0 saturated heterocycles. The van der Waals surface area contributed by atoms with Crippen molar-refractivity contribution in [3.63, 3.8) is 0 Å². The summed E-state index contributed by atoms with van der Waals surface area (Å²) in [5.74, 6) is 0.679. The number of carbonyl (C=O) groups is 1. The molecule has 0 aromatic heterocycles. The number of hydrogen-bond acceptors (Lipinski definition) is 2. The van der Waals surface area contributed by atoms with Gasteiger partial charge in [0.05, 0.1) is 7.11 Å². The van der Waals surface area contributed by atoms with Gasteiger partial charge in [0, 0.05) is 10.6 Å². The first-order chi connectivity index (χ1) is 9.19. The van der Waals surface area contributed by atoms with E-state index < -0.39 is 0 Å². The van der Waals surface area contributed by atoms with Crippen LogP contribution in [-0.2, 0) is 0 Å². The minimum absolute atomic E-state index is 0.0531. The molecule has 2 rings (SSSR count). The lowest BCUT2D eigenvalue weighted by Crippen LogP contribution is -1.94. The quantitative estimate of drug-likeness (QED) is 0.614. The number of methoxy groups -OCH3 is 1. The van der Waals surface area contributed by atoms with Gasteiger partial charge in [-0.1, -0.05) is 29.8 Å². The Morgan fingerprint density at radius 2 is 1.89 bits per heavy atom. The third-order valence-corrected chi connectivity index (χ3v) is 2.89. The molecule has 3 heteroatoms. The Labute approximate surface area is 117 Å². The zero-order valence-electron chi connectivity index (χ0n) is 10.5. The topological polar surface area (TPSA) is 26.3 Å². The molecule has 0 aliphatic rings. The summed E-state index contributed by atoms with van der Waals surface area (Å²) in [5.41, 5.74) is 1.52. The molecule has 0 radical (unpaired) electrons. The lowest BCUT2D eigenvalue weighted by molar-refractivity contribution is 0.104. The van der Waals surface area contributed by atoms with Crippen molar-refractivity contribution in [1.82, 2.24) is 0 Å². The summed E-state index contributed by atoms with van der Waals surface area (Å²) in [6.07, 6.45) is 3.28. The van der Waals surface area contributed by atoms with Crippen LogP contribution in [0.5, 0.6) is 5.75 Å². The summed E-state index contributed by atoms with van der Waals surface area (Å²) >= 11 is 5.88. The van der Waals surface area contributed by atoms with Crippen LogP contribution in [0.25, 0.3) is 6.08 Å². The Kier molecular flexibility index (Phi) is 4.37. The van der Waals surface area contributed by atoms with E-state index in [1.165, 1.54) is 6.08 Å². The van der Waals surface area contributed by atoms with Gasteiger partial charge >= 0.3 is 0 Å². The third-order valence-electron chi connectivity index (χ3n) is 2.65. The number of allylic oxidation sites excluding steroid dienone is 1. The average molecular weight is 273 g/mol. The van der Waals surface area contributed by atoms with Crippen LogP contribution >= 0.6 is 11.6 Å². The maximum Gasteiger partial charge on any atom is 0.185 e. The molecule has 96 valence electrons. The number of rotatable bonds is 4. The molecule has 0 spiro atoms. The smallest absolute Gasteiger partial charge is 0.185 e. The molecule has 0 aliphatic carbocycles. The van der Waals surface area contributed by atoms with E-state index in [0.717, 1.165) is 11.3 Å². The van der Waals surface area contributed by atoms with Crippen LogP contribution in [0.15, 0.2) is 54.6 Å². The highest BCUT2D eigenvalue weighted by atomic mass is 35.5. The average Bonchev–Trinajstić information content (AvgIpc) is 2.45. The van der Waals surface area contributed by atoms with Gasteiger partial charge in [-0.3, -0.25) is 4.79 Å². The lowest BCUT2D eigenvalue weighted by atomic mass is 10.1. The van der Waals surface area contributed by atoms with Gasteiger partial charge in [-0.15, -0.1) is 0 Å². The van der Waals surface area contributed by atoms with E-state index in [-0.39, 0.29) is 5.78 Å². The van der Waals surface area contributed by atoms with Gasteiger partial charge in [0.25, 0.3) is 0 Å². The molecular formula is C16H13ClO2. The van der Waals surface area contributed by atoms with Crippen LogP contribution in [0.3, 0.4) is 0 Å². The molecule has 0 saturated carbocycles. The van der Waals surface area contributed by atoms with Crippen molar-refractivity contribution in [2.75, 3.05) is 7.11 Å². The first-order valence-electron chi connectivity index (χ1n) is 5.81. The van der Waals surface area contributed by atoms with Crippen LogP contribution < -0.4 is 4.74 Å². The Morgan fingerprint density at radius 3 is 2.53 bits per heavy atom. The van der Waals surface area contributed by atoms with Crippen molar-refractivity contribution in [2.24, 2.45) is 0 Å². The Morgan fingerprint density at radius 1 is 1.16 bits per heavy atom. The summed E-state index contributed by atoms with van der Waals surface area (Å²) in [7, 11) is 1.59. The van der Waals surface area contributed by atoms with Crippen LogP contribution in [0.1, 0.15) is 15.9 Å². The number of hydrogen-bond donors (Lipinski definition) is 0. The van der Waals surface area contributed by atoms with Crippen LogP contribution in [0.4, 0.5) is 0 Å². The molecule has 19 heavy (non-hydrogen) atoms. The van der Waals surface area contributed by atoms with Crippen molar-refractivity contribution in [3.8, 4) is 5.75 Å². The van der Waals surface area contributed by atoms with Crippen LogP contribution in [0, 0.1) is 0 Å². The third kappa shape index (κ3) is 3.70. The Balaban J connectivity index is 2.11. The van der Waals surface area contributed by atoms with Crippen molar-refractivity contribution < 1.29 is 9.53 Å². The van der Waals surface area contributed by atoms with Gasteiger partial charge in [0.1, 0.15) is 5.75 Å². The van der Waals surface area contributed by atoms with E-state index in [0.29, 0.717) is 10.6 Å². The molecule has 2 nitrogen and oxygen atoms in total. The molecule has 0 amide bonds. The first-order valence-corrected chi connectivity index (χ1v) is 6.19. The van der Waals surface area contributed by atoms with E-state index in [1.807, 2.05) is 12.1 Å². The van der Waals surface area contributed by atoms with Crippen molar-refractivity contribution in [2.45, 2.75) is 0 Å². The molecule has 2 aromatic rings. The number of benzene rings is 2. The normalized spacial score (nSPS) is 10.6. The SMILES string of the molecule is COc1ccc(C(=O)/C=C/c2cccc(Cl)c2)cc1. The molecule has 0 unspecified atom stereocenters. The van der Waals surface area contributed by atoms with Crippen molar-refractivity contribution in [3.05, 3.63) is 70.8 Å². The van der Waals surface area contributed by atoms with Gasteiger partial charge < -0.3 is 4.74 Å². The zero-order chi connectivity index (χ0) is 13.7. The lowest BCUT2D eigenvalue weighted by Gasteiger charge is -2.00. The number of halogens is 1.